The number of primary amides is 1. The summed E-state index contributed by atoms with van der Waals surface area (Å²) >= 11 is 0. The van der Waals surface area contributed by atoms with E-state index in [0.717, 1.165) is 36.4 Å². The van der Waals surface area contributed by atoms with Crippen LogP contribution < -0.4 is 5.73 Å². The number of nitrogens with two attached hydrogens (primary N) is 1. The molecule has 1 amide bonds. The standard InChI is InChI=1S/C23H32N2O2/c1-27-23(19-5-2-4-16(11-19)22(24)26)20-6-3-7-21(23)14-25(13-20)12-15-8-17-10-18(17)9-15/h2,4-5,11,15,17-18,20-21H,3,6-10,12-14H2,1H3,(H2,24,26)/t15?,17-,18?,20?,21?,23?/m1/s1. The smallest absolute Gasteiger partial charge is 0.248 e. The van der Waals surface area contributed by atoms with E-state index in [1.807, 2.05) is 25.3 Å². The number of hydrogen-bond acceptors (Lipinski definition) is 3. The topological polar surface area (TPSA) is 55.6 Å². The number of hydrogen-bond donors (Lipinski definition) is 1. The first-order chi connectivity index (χ1) is 13.1. The number of nitrogens with zero attached hydrogens (tertiary/aromatic N) is 1. The van der Waals surface area contributed by atoms with Crippen LogP contribution >= 0.6 is 0 Å². The molecule has 1 aliphatic heterocycles. The Balaban J connectivity index is 1.40. The summed E-state index contributed by atoms with van der Waals surface area (Å²) in [6.07, 6.45) is 8.14. The van der Waals surface area contributed by atoms with Gasteiger partial charge in [-0.05, 0) is 67.6 Å². The number of carbonyl (C=O) groups is 1. The van der Waals surface area contributed by atoms with Gasteiger partial charge in [-0.2, -0.15) is 0 Å². The minimum absolute atomic E-state index is 0.266. The predicted molar refractivity (Wildman–Crippen MR) is 105 cm³/mol. The van der Waals surface area contributed by atoms with E-state index in [1.54, 1.807) is 0 Å². The Morgan fingerprint density at radius 1 is 1.19 bits per heavy atom. The summed E-state index contributed by atoms with van der Waals surface area (Å²) in [7, 11) is 1.86. The number of piperidine rings is 1. The Bertz CT molecular complexity index is 709. The number of ether oxygens (including phenoxy) is 1. The first-order valence-electron chi connectivity index (χ1n) is 10.8. The fraction of sp³-hybridized carbons (Fsp3) is 0.696. The van der Waals surface area contributed by atoms with Crippen molar-refractivity contribution in [3.63, 3.8) is 0 Å². The molecule has 146 valence electrons. The highest BCUT2D eigenvalue weighted by Crippen LogP contribution is 2.55. The molecule has 0 spiro atoms. The Morgan fingerprint density at radius 2 is 1.89 bits per heavy atom. The monoisotopic (exact) mass is 368 g/mol. The lowest BCUT2D eigenvalue weighted by atomic mass is 9.62. The Labute approximate surface area is 162 Å². The minimum atomic E-state index is -0.356. The quantitative estimate of drug-likeness (QED) is 0.866. The van der Waals surface area contributed by atoms with E-state index in [9.17, 15) is 4.79 Å². The van der Waals surface area contributed by atoms with E-state index in [0.29, 0.717) is 17.4 Å². The van der Waals surface area contributed by atoms with Crippen LogP contribution in [-0.2, 0) is 10.3 Å². The van der Waals surface area contributed by atoms with Gasteiger partial charge in [-0.25, -0.2) is 0 Å². The van der Waals surface area contributed by atoms with Crippen LogP contribution in [0.1, 0.15) is 54.4 Å². The Morgan fingerprint density at radius 3 is 2.52 bits per heavy atom. The van der Waals surface area contributed by atoms with E-state index in [2.05, 4.69) is 11.0 Å². The molecule has 1 aromatic carbocycles. The van der Waals surface area contributed by atoms with Gasteiger partial charge in [0.05, 0.1) is 0 Å². The predicted octanol–water partition coefficient (Wildman–Crippen LogP) is 3.41. The fourth-order valence-corrected chi connectivity index (χ4v) is 6.87. The van der Waals surface area contributed by atoms with Crippen LogP contribution in [0.5, 0.6) is 0 Å². The molecule has 0 radical (unpaired) electrons. The van der Waals surface area contributed by atoms with Crippen molar-refractivity contribution in [1.82, 2.24) is 4.90 Å². The second kappa shape index (κ2) is 6.59. The molecule has 4 aliphatic rings. The minimum Gasteiger partial charge on any atom is -0.373 e. The lowest BCUT2D eigenvalue weighted by Crippen LogP contribution is -2.59. The fourth-order valence-electron chi connectivity index (χ4n) is 6.87. The molecule has 4 nitrogen and oxygen atoms in total. The number of rotatable bonds is 5. The maximum absolute atomic E-state index is 11.7. The molecule has 4 fully saturated rings. The first kappa shape index (κ1) is 17.7. The summed E-state index contributed by atoms with van der Waals surface area (Å²) in [5, 5.41) is 0. The van der Waals surface area contributed by atoms with Gasteiger partial charge in [-0.1, -0.05) is 18.6 Å². The van der Waals surface area contributed by atoms with E-state index < -0.39 is 0 Å². The lowest BCUT2D eigenvalue weighted by Gasteiger charge is -2.55. The van der Waals surface area contributed by atoms with E-state index in [4.69, 9.17) is 10.5 Å². The third-order valence-electron chi connectivity index (χ3n) is 8.07. The van der Waals surface area contributed by atoms with Crippen LogP contribution in [0.25, 0.3) is 0 Å². The highest BCUT2D eigenvalue weighted by atomic mass is 16.5. The molecule has 2 bridgehead atoms. The summed E-state index contributed by atoms with van der Waals surface area (Å²) in [5.74, 6) is 3.68. The molecule has 5 rings (SSSR count). The van der Waals surface area contributed by atoms with Crippen molar-refractivity contribution < 1.29 is 9.53 Å². The molecule has 3 saturated carbocycles. The lowest BCUT2D eigenvalue weighted by molar-refractivity contribution is -0.170. The van der Waals surface area contributed by atoms with E-state index in [-0.39, 0.29) is 11.5 Å². The first-order valence-corrected chi connectivity index (χ1v) is 10.8. The summed E-state index contributed by atoms with van der Waals surface area (Å²) in [5.41, 5.74) is 7.03. The SMILES string of the molecule is COC1(c2cccc(C(N)=O)c2)C2CCCC1CN(CC1CC3C[C@H]3C1)C2. The maximum Gasteiger partial charge on any atom is 0.248 e. The number of carbonyl (C=O) groups excluding carboxylic acids is 1. The molecule has 27 heavy (non-hydrogen) atoms. The molecule has 1 aromatic rings. The average molecular weight is 369 g/mol. The van der Waals surface area contributed by atoms with Gasteiger partial charge in [-0.3, -0.25) is 4.79 Å². The van der Waals surface area contributed by atoms with Gasteiger partial charge < -0.3 is 15.4 Å². The summed E-state index contributed by atoms with van der Waals surface area (Å²) in [6.45, 7) is 3.52. The van der Waals surface area contributed by atoms with Crippen molar-refractivity contribution in [3.05, 3.63) is 35.4 Å². The van der Waals surface area contributed by atoms with Crippen LogP contribution in [0.3, 0.4) is 0 Å². The van der Waals surface area contributed by atoms with E-state index >= 15 is 0 Å². The zero-order valence-corrected chi connectivity index (χ0v) is 16.4. The molecular formula is C23H32N2O2. The molecule has 4 heteroatoms. The van der Waals surface area contributed by atoms with Crippen LogP contribution in [0.2, 0.25) is 0 Å². The number of amides is 1. The molecule has 1 heterocycles. The van der Waals surface area contributed by atoms with Gasteiger partial charge >= 0.3 is 0 Å². The average Bonchev–Trinajstić information content (AvgIpc) is 3.27. The van der Waals surface area contributed by atoms with Gasteiger partial charge in [0.2, 0.25) is 5.91 Å². The van der Waals surface area contributed by atoms with Gasteiger partial charge in [0, 0.05) is 44.1 Å². The van der Waals surface area contributed by atoms with Crippen molar-refractivity contribution in [2.75, 3.05) is 26.7 Å². The highest BCUT2D eigenvalue weighted by molar-refractivity contribution is 5.92. The van der Waals surface area contributed by atoms with Crippen molar-refractivity contribution >= 4 is 5.91 Å². The van der Waals surface area contributed by atoms with Crippen LogP contribution in [0.15, 0.2) is 24.3 Å². The van der Waals surface area contributed by atoms with Crippen molar-refractivity contribution in [3.8, 4) is 0 Å². The van der Waals surface area contributed by atoms with Crippen molar-refractivity contribution in [2.24, 2.45) is 35.3 Å². The van der Waals surface area contributed by atoms with Crippen molar-refractivity contribution in [1.29, 1.82) is 0 Å². The molecule has 0 aromatic heterocycles. The Hall–Kier alpha value is -1.39. The normalized spacial score (nSPS) is 40.6. The summed E-state index contributed by atoms with van der Waals surface area (Å²) in [6, 6.07) is 7.90. The molecular weight excluding hydrogens is 336 g/mol. The molecule has 4 unspecified atom stereocenters. The Kier molecular flexibility index (Phi) is 4.32. The third kappa shape index (κ3) is 2.92. The molecule has 3 aliphatic carbocycles. The highest BCUT2D eigenvalue weighted by Gasteiger charge is 2.54. The summed E-state index contributed by atoms with van der Waals surface area (Å²) in [4.78, 5) is 14.5. The largest absolute Gasteiger partial charge is 0.373 e. The van der Waals surface area contributed by atoms with Gasteiger partial charge in [0.1, 0.15) is 5.60 Å². The molecule has 2 N–H and O–H groups in total. The zero-order chi connectivity index (χ0) is 18.6. The number of likely N-dealkylation sites (tertiary alicyclic amines) is 1. The molecule has 1 saturated heterocycles. The van der Waals surface area contributed by atoms with Gasteiger partial charge in [0.25, 0.3) is 0 Å². The third-order valence-corrected chi connectivity index (χ3v) is 8.07. The number of methoxy groups -OCH3 is 1. The summed E-state index contributed by atoms with van der Waals surface area (Å²) < 4.78 is 6.33. The molecule has 5 atom stereocenters. The second-order valence-electron chi connectivity index (χ2n) is 9.58. The van der Waals surface area contributed by atoms with Crippen LogP contribution in [-0.4, -0.2) is 37.6 Å². The van der Waals surface area contributed by atoms with Crippen LogP contribution in [0.4, 0.5) is 0 Å². The number of benzene rings is 1. The van der Waals surface area contributed by atoms with E-state index in [1.165, 1.54) is 45.1 Å². The second-order valence-corrected chi connectivity index (χ2v) is 9.58. The van der Waals surface area contributed by atoms with Crippen LogP contribution in [0, 0.1) is 29.6 Å². The van der Waals surface area contributed by atoms with Crippen molar-refractivity contribution in [2.45, 2.75) is 44.1 Å². The zero-order valence-electron chi connectivity index (χ0n) is 16.4. The van der Waals surface area contributed by atoms with Gasteiger partial charge in [0.15, 0.2) is 0 Å². The van der Waals surface area contributed by atoms with Gasteiger partial charge in [-0.15, -0.1) is 0 Å². The number of fused-ring (bicyclic) bond motifs is 3. The maximum atomic E-state index is 11.7.